The van der Waals surface area contributed by atoms with Crippen LogP contribution < -0.4 is 5.32 Å². The molecule has 1 heterocycles. The Balaban J connectivity index is 1.38. The van der Waals surface area contributed by atoms with Gasteiger partial charge in [0.1, 0.15) is 0 Å². The van der Waals surface area contributed by atoms with Gasteiger partial charge >= 0.3 is 0 Å². The van der Waals surface area contributed by atoms with E-state index < -0.39 is 0 Å². The van der Waals surface area contributed by atoms with E-state index in [9.17, 15) is 14.4 Å². The highest BCUT2D eigenvalue weighted by Gasteiger charge is 2.25. The van der Waals surface area contributed by atoms with Crippen LogP contribution in [0.5, 0.6) is 0 Å². The monoisotopic (exact) mass is 453 g/mol. The summed E-state index contributed by atoms with van der Waals surface area (Å²) in [4.78, 5) is 40.9. The lowest BCUT2D eigenvalue weighted by Gasteiger charge is -2.34. The number of nitrogens with one attached hydrogen (secondary N) is 1. The summed E-state index contributed by atoms with van der Waals surface area (Å²) in [5.74, 6) is 0.808. The highest BCUT2D eigenvalue weighted by atomic mass is 32.2. The van der Waals surface area contributed by atoms with Crippen LogP contribution >= 0.6 is 11.8 Å². The number of nitrogens with zero attached hydrogens (tertiary/aromatic N) is 2. The minimum absolute atomic E-state index is 0.00604. The molecule has 1 aliphatic heterocycles. The first-order valence-corrected chi connectivity index (χ1v) is 12.1. The lowest BCUT2D eigenvalue weighted by molar-refractivity contribution is -0.129. The molecule has 3 amide bonds. The molecule has 170 valence electrons. The normalized spacial score (nSPS) is 13.9. The molecule has 0 spiro atoms. The molecule has 1 N–H and O–H groups in total. The van der Waals surface area contributed by atoms with Crippen molar-refractivity contribution in [1.82, 2.24) is 9.80 Å². The molecule has 1 aliphatic rings. The fourth-order valence-corrected chi connectivity index (χ4v) is 4.23. The molecule has 0 radical (unpaired) electrons. The van der Waals surface area contributed by atoms with Gasteiger partial charge in [0, 0.05) is 37.4 Å². The predicted molar refractivity (Wildman–Crippen MR) is 130 cm³/mol. The van der Waals surface area contributed by atoms with Gasteiger partial charge in [0.15, 0.2) is 0 Å². The molecular formula is C25H31N3O3S. The highest BCUT2D eigenvalue weighted by molar-refractivity contribution is 8.00. The van der Waals surface area contributed by atoms with Gasteiger partial charge in [-0.1, -0.05) is 43.7 Å². The maximum atomic E-state index is 12.7. The summed E-state index contributed by atoms with van der Waals surface area (Å²) in [5.41, 5.74) is 3.78. The van der Waals surface area contributed by atoms with Crippen molar-refractivity contribution in [2.75, 3.05) is 43.0 Å². The largest absolute Gasteiger partial charge is 0.338 e. The van der Waals surface area contributed by atoms with Crippen LogP contribution in [0.4, 0.5) is 5.69 Å². The SMILES string of the molecule is Cc1ccc(NC(=O)CSCC(=O)N2CCN(C(=O)c3ccc(C(C)C)cc3)CC2)cc1. The second kappa shape index (κ2) is 11.2. The quantitative estimate of drug-likeness (QED) is 0.693. The Morgan fingerprint density at radius 2 is 1.47 bits per heavy atom. The number of anilines is 1. The topological polar surface area (TPSA) is 69.7 Å². The average Bonchev–Trinajstić information content (AvgIpc) is 2.80. The third-order valence-electron chi connectivity index (χ3n) is 5.54. The molecule has 0 aromatic heterocycles. The maximum Gasteiger partial charge on any atom is 0.253 e. The van der Waals surface area contributed by atoms with Gasteiger partial charge in [0.2, 0.25) is 11.8 Å². The second-order valence-corrected chi connectivity index (χ2v) is 9.34. The summed E-state index contributed by atoms with van der Waals surface area (Å²) < 4.78 is 0. The van der Waals surface area contributed by atoms with Gasteiger partial charge in [-0.05, 0) is 42.7 Å². The number of amides is 3. The molecule has 0 unspecified atom stereocenters. The maximum absolute atomic E-state index is 12.7. The zero-order valence-corrected chi connectivity index (χ0v) is 19.8. The number of hydrogen-bond acceptors (Lipinski definition) is 4. The van der Waals surface area contributed by atoms with Gasteiger partial charge < -0.3 is 15.1 Å². The molecule has 0 saturated carbocycles. The predicted octanol–water partition coefficient (Wildman–Crippen LogP) is 3.77. The van der Waals surface area contributed by atoms with Gasteiger partial charge in [-0.25, -0.2) is 0 Å². The number of rotatable bonds is 7. The van der Waals surface area contributed by atoms with Gasteiger partial charge in [-0.2, -0.15) is 0 Å². The number of thioether (sulfide) groups is 1. The molecule has 0 atom stereocenters. The van der Waals surface area contributed by atoms with E-state index >= 15 is 0 Å². The van der Waals surface area contributed by atoms with Crippen LogP contribution in [-0.2, 0) is 9.59 Å². The molecule has 32 heavy (non-hydrogen) atoms. The molecule has 0 aliphatic carbocycles. The van der Waals surface area contributed by atoms with Gasteiger partial charge in [-0.15, -0.1) is 11.8 Å². The first-order chi connectivity index (χ1) is 15.3. The molecule has 3 rings (SSSR count). The summed E-state index contributed by atoms with van der Waals surface area (Å²) in [6, 6.07) is 15.4. The van der Waals surface area contributed by atoms with E-state index in [0.29, 0.717) is 37.7 Å². The Labute approximate surface area is 194 Å². The molecule has 0 bridgehead atoms. The van der Waals surface area contributed by atoms with Crippen molar-refractivity contribution in [3.8, 4) is 0 Å². The van der Waals surface area contributed by atoms with Gasteiger partial charge in [-0.3, -0.25) is 14.4 Å². The van der Waals surface area contributed by atoms with Crippen LogP contribution in [0.2, 0.25) is 0 Å². The Hall–Kier alpha value is -2.80. The standard InChI is InChI=1S/C25H31N3O3S/c1-18(2)20-6-8-21(9-7-20)25(31)28-14-12-27(13-15-28)24(30)17-32-16-23(29)26-22-10-4-19(3)5-11-22/h4-11,18H,12-17H2,1-3H3,(H,26,29). The van der Waals surface area contributed by atoms with Gasteiger partial charge in [0.05, 0.1) is 11.5 Å². The van der Waals surface area contributed by atoms with E-state index in [1.807, 2.05) is 55.5 Å². The number of hydrogen-bond donors (Lipinski definition) is 1. The summed E-state index contributed by atoms with van der Waals surface area (Å²) in [6.45, 7) is 8.33. The molecule has 7 heteroatoms. The van der Waals surface area contributed by atoms with E-state index in [0.717, 1.165) is 11.3 Å². The van der Waals surface area contributed by atoms with Crippen molar-refractivity contribution in [2.24, 2.45) is 0 Å². The molecule has 6 nitrogen and oxygen atoms in total. The van der Waals surface area contributed by atoms with E-state index in [4.69, 9.17) is 0 Å². The lowest BCUT2D eigenvalue weighted by Crippen LogP contribution is -2.51. The van der Waals surface area contributed by atoms with Crippen LogP contribution in [0, 0.1) is 6.92 Å². The Kier molecular flexibility index (Phi) is 8.33. The molecule has 2 aromatic rings. The van der Waals surface area contributed by atoms with Crippen LogP contribution in [0.15, 0.2) is 48.5 Å². The van der Waals surface area contributed by atoms with E-state index in [1.54, 1.807) is 9.80 Å². The van der Waals surface area contributed by atoms with Gasteiger partial charge in [0.25, 0.3) is 5.91 Å². The third-order valence-corrected chi connectivity index (χ3v) is 6.46. The number of piperazine rings is 1. The molecular weight excluding hydrogens is 422 g/mol. The number of aryl methyl sites for hydroxylation is 1. The van der Waals surface area contributed by atoms with Crippen LogP contribution in [0.3, 0.4) is 0 Å². The summed E-state index contributed by atoms with van der Waals surface area (Å²) in [6.07, 6.45) is 0. The van der Waals surface area contributed by atoms with Crippen molar-refractivity contribution >= 4 is 35.2 Å². The number of carbonyl (C=O) groups excluding carboxylic acids is 3. The van der Waals surface area contributed by atoms with Crippen molar-refractivity contribution in [2.45, 2.75) is 26.7 Å². The van der Waals surface area contributed by atoms with Crippen molar-refractivity contribution in [3.63, 3.8) is 0 Å². The van der Waals surface area contributed by atoms with Crippen molar-refractivity contribution in [3.05, 3.63) is 65.2 Å². The third kappa shape index (κ3) is 6.60. The lowest BCUT2D eigenvalue weighted by atomic mass is 10.0. The first-order valence-electron chi connectivity index (χ1n) is 10.9. The Morgan fingerprint density at radius 3 is 2.06 bits per heavy atom. The molecule has 1 fully saturated rings. The number of benzene rings is 2. The second-order valence-electron chi connectivity index (χ2n) is 8.36. The van der Waals surface area contributed by atoms with E-state index in [2.05, 4.69) is 19.2 Å². The summed E-state index contributed by atoms with van der Waals surface area (Å²) in [7, 11) is 0. The fourth-order valence-electron chi connectivity index (χ4n) is 3.51. The first kappa shape index (κ1) is 23.9. The zero-order valence-electron chi connectivity index (χ0n) is 19.0. The smallest absolute Gasteiger partial charge is 0.253 e. The van der Waals surface area contributed by atoms with E-state index in [1.165, 1.54) is 17.3 Å². The Morgan fingerprint density at radius 1 is 0.875 bits per heavy atom. The van der Waals surface area contributed by atoms with Crippen LogP contribution in [0.25, 0.3) is 0 Å². The summed E-state index contributed by atoms with van der Waals surface area (Å²) >= 11 is 1.31. The summed E-state index contributed by atoms with van der Waals surface area (Å²) in [5, 5.41) is 2.84. The number of carbonyl (C=O) groups is 3. The zero-order chi connectivity index (χ0) is 23.1. The molecule has 1 saturated heterocycles. The average molecular weight is 454 g/mol. The minimum Gasteiger partial charge on any atom is -0.338 e. The molecule has 2 aromatic carbocycles. The van der Waals surface area contributed by atoms with E-state index in [-0.39, 0.29) is 29.2 Å². The fraction of sp³-hybridized carbons (Fsp3) is 0.400. The Bertz CT molecular complexity index is 934. The van der Waals surface area contributed by atoms with Crippen molar-refractivity contribution < 1.29 is 14.4 Å². The minimum atomic E-state index is -0.120. The highest BCUT2D eigenvalue weighted by Crippen LogP contribution is 2.17. The van der Waals surface area contributed by atoms with Crippen LogP contribution in [0.1, 0.15) is 41.3 Å². The van der Waals surface area contributed by atoms with Crippen LogP contribution in [-0.4, -0.2) is 65.2 Å². The van der Waals surface area contributed by atoms with Crippen molar-refractivity contribution in [1.29, 1.82) is 0 Å².